The SMILES string of the molecule is O=C1CCC(c2ccc(C3CCCNC3)cc2)CC1. The summed E-state index contributed by atoms with van der Waals surface area (Å²) in [5, 5.41) is 3.48. The minimum absolute atomic E-state index is 0.446. The first-order valence-electron chi connectivity index (χ1n) is 7.65. The number of rotatable bonds is 2. The summed E-state index contributed by atoms with van der Waals surface area (Å²) in [5.41, 5.74) is 2.91. The third-order valence-corrected chi connectivity index (χ3v) is 4.72. The van der Waals surface area contributed by atoms with E-state index in [0.717, 1.165) is 32.2 Å². The van der Waals surface area contributed by atoms with E-state index in [-0.39, 0.29) is 0 Å². The van der Waals surface area contributed by atoms with Crippen LogP contribution in [0.5, 0.6) is 0 Å². The first-order valence-corrected chi connectivity index (χ1v) is 7.65. The molecule has 1 saturated carbocycles. The molecule has 1 unspecified atom stereocenters. The first kappa shape index (κ1) is 12.9. The number of ketones is 1. The fraction of sp³-hybridized carbons (Fsp3) is 0.588. The fourth-order valence-electron chi connectivity index (χ4n) is 3.45. The Morgan fingerprint density at radius 2 is 1.53 bits per heavy atom. The van der Waals surface area contributed by atoms with Gasteiger partial charge in [-0.2, -0.15) is 0 Å². The summed E-state index contributed by atoms with van der Waals surface area (Å²) >= 11 is 0. The summed E-state index contributed by atoms with van der Waals surface area (Å²) in [7, 11) is 0. The Morgan fingerprint density at radius 1 is 0.895 bits per heavy atom. The molecule has 0 radical (unpaired) electrons. The van der Waals surface area contributed by atoms with Crippen LogP contribution in [-0.4, -0.2) is 18.9 Å². The third-order valence-electron chi connectivity index (χ3n) is 4.72. The van der Waals surface area contributed by atoms with Crippen LogP contribution >= 0.6 is 0 Å². The van der Waals surface area contributed by atoms with E-state index in [4.69, 9.17) is 0 Å². The normalized spacial score (nSPS) is 25.5. The van der Waals surface area contributed by atoms with Crippen molar-refractivity contribution in [2.24, 2.45) is 0 Å². The van der Waals surface area contributed by atoms with Gasteiger partial charge in [0.25, 0.3) is 0 Å². The summed E-state index contributed by atoms with van der Waals surface area (Å²) in [4.78, 5) is 11.3. The van der Waals surface area contributed by atoms with Crippen LogP contribution in [0.25, 0.3) is 0 Å². The molecule has 1 heterocycles. The predicted octanol–water partition coefficient (Wildman–Crippen LogP) is 3.38. The van der Waals surface area contributed by atoms with Crippen LogP contribution in [0.3, 0.4) is 0 Å². The predicted molar refractivity (Wildman–Crippen MR) is 77.5 cm³/mol. The standard InChI is InChI=1S/C17H23NO/c19-17-9-7-14(8-10-17)13-3-5-15(6-4-13)16-2-1-11-18-12-16/h3-6,14,16,18H,1-2,7-12H2. The highest BCUT2D eigenvalue weighted by atomic mass is 16.1. The second-order valence-corrected chi connectivity index (χ2v) is 6.02. The molecular weight excluding hydrogens is 234 g/mol. The number of Topliss-reactive ketones (excluding diaryl/α,β-unsaturated/α-hetero) is 1. The summed E-state index contributed by atoms with van der Waals surface area (Å²) in [6, 6.07) is 9.21. The topological polar surface area (TPSA) is 29.1 Å². The van der Waals surface area contributed by atoms with E-state index in [1.807, 2.05) is 0 Å². The van der Waals surface area contributed by atoms with Crippen molar-refractivity contribution in [3.05, 3.63) is 35.4 Å². The Labute approximate surface area is 115 Å². The van der Waals surface area contributed by atoms with Crippen LogP contribution in [0.15, 0.2) is 24.3 Å². The maximum atomic E-state index is 11.3. The van der Waals surface area contributed by atoms with E-state index < -0.39 is 0 Å². The molecule has 1 aromatic carbocycles. The lowest BCUT2D eigenvalue weighted by molar-refractivity contribution is -0.120. The molecule has 19 heavy (non-hydrogen) atoms. The maximum Gasteiger partial charge on any atom is 0.132 e. The van der Waals surface area contributed by atoms with Crippen molar-refractivity contribution in [3.63, 3.8) is 0 Å². The summed E-state index contributed by atoms with van der Waals surface area (Å²) in [6.45, 7) is 2.29. The van der Waals surface area contributed by atoms with Crippen molar-refractivity contribution >= 4 is 5.78 Å². The fourth-order valence-corrected chi connectivity index (χ4v) is 3.45. The highest BCUT2D eigenvalue weighted by Crippen LogP contribution is 2.32. The first-order chi connectivity index (χ1) is 9.33. The lowest BCUT2D eigenvalue weighted by Gasteiger charge is -2.25. The average Bonchev–Trinajstić information content (AvgIpc) is 2.49. The largest absolute Gasteiger partial charge is 0.316 e. The molecule has 1 atom stereocenters. The van der Waals surface area contributed by atoms with Gasteiger partial charge in [-0.25, -0.2) is 0 Å². The lowest BCUT2D eigenvalue weighted by Crippen LogP contribution is -2.28. The van der Waals surface area contributed by atoms with Gasteiger partial charge in [0.1, 0.15) is 5.78 Å². The second-order valence-electron chi connectivity index (χ2n) is 6.02. The van der Waals surface area contributed by atoms with Crippen molar-refractivity contribution < 1.29 is 4.79 Å². The van der Waals surface area contributed by atoms with Gasteiger partial charge in [-0.05, 0) is 55.2 Å². The van der Waals surface area contributed by atoms with E-state index >= 15 is 0 Å². The number of carbonyl (C=O) groups excluding carboxylic acids is 1. The van der Waals surface area contributed by atoms with E-state index in [9.17, 15) is 4.79 Å². The summed E-state index contributed by atoms with van der Waals surface area (Å²) < 4.78 is 0. The van der Waals surface area contributed by atoms with Gasteiger partial charge in [-0.1, -0.05) is 24.3 Å². The summed E-state index contributed by atoms with van der Waals surface area (Å²) in [6.07, 6.45) is 6.24. The van der Waals surface area contributed by atoms with E-state index in [1.54, 1.807) is 0 Å². The zero-order chi connectivity index (χ0) is 13.1. The maximum absolute atomic E-state index is 11.3. The third kappa shape index (κ3) is 3.06. The van der Waals surface area contributed by atoms with Gasteiger partial charge < -0.3 is 5.32 Å². The molecule has 2 nitrogen and oxygen atoms in total. The lowest BCUT2D eigenvalue weighted by atomic mass is 9.82. The smallest absolute Gasteiger partial charge is 0.132 e. The highest BCUT2D eigenvalue weighted by Gasteiger charge is 2.21. The van der Waals surface area contributed by atoms with Crippen molar-refractivity contribution in [3.8, 4) is 0 Å². The minimum Gasteiger partial charge on any atom is -0.316 e. The van der Waals surface area contributed by atoms with Gasteiger partial charge in [0.2, 0.25) is 0 Å². The van der Waals surface area contributed by atoms with Gasteiger partial charge in [0, 0.05) is 19.4 Å². The van der Waals surface area contributed by atoms with Crippen LogP contribution in [-0.2, 0) is 4.79 Å². The van der Waals surface area contributed by atoms with Crippen molar-refractivity contribution in [2.45, 2.75) is 50.4 Å². The van der Waals surface area contributed by atoms with Crippen molar-refractivity contribution in [1.82, 2.24) is 5.32 Å². The number of piperidine rings is 1. The molecule has 1 aliphatic heterocycles. The van der Waals surface area contributed by atoms with Gasteiger partial charge in [0.05, 0.1) is 0 Å². The minimum atomic E-state index is 0.446. The number of carbonyl (C=O) groups is 1. The molecule has 1 saturated heterocycles. The molecule has 2 aliphatic rings. The van der Waals surface area contributed by atoms with Gasteiger partial charge in [-0.3, -0.25) is 4.79 Å². The number of hydrogen-bond acceptors (Lipinski definition) is 2. The Morgan fingerprint density at radius 3 is 2.11 bits per heavy atom. The molecule has 3 rings (SSSR count). The van der Waals surface area contributed by atoms with Crippen molar-refractivity contribution in [2.75, 3.05) is 13.1 Å². The van der Waals surface area contributed by atoms with Crippen LogP contribution in [0.4, 0.5) is 0 Å². The Bertz CT molecular complexity index is 421. The molecule has 0 spiro atoms. The van der Waals surface area contributed by atoms with Crippen LogP contribution in [0, 0.1) is 0 Å². The van der Waals surface area contributed by atoms with Crippen LogP contribution < -0.4 is 5.32 Å². The van der Waals surface area contributed by atoms with E-state index in [2.05, 4.69) is 29.6 Å². The molecule has 1 aromatic rings. The van der Waals surface area contributed by atoms with E-state index in [1.165, 1.54) is 30.5 Å². The Hall–Kier alpha value is -1.15. The molecule has 2 fully saturated rings. The molecular formula is C17H23NO. The van der Waals surface area contributed by atoms with Gasteiger partial charge in [0.15, 0.2) is 0 Å². The van der Waals surface area contributed by atoms with Crippen LogP contribution in [0.1, 0.15) is 61.5 Å². The quantitative estimate of drug-likeness (QED) is 0.880. The monoisotopic (exact) mass is 257 g/mol. The molecule has 1 N–H and O–H groups in total. The van der Waals surface area contributed by atoms with Crippen LogP contribution in [0.2, 0.25) is 0 Å². The highest BCUT2D eigenvalue weighted by molar-refractivity contribution is 5.79. The van der Waals surface area contributed by atoms with Gasteiger partial charge in [-0.15, -0.1) is 0 Å². The molecule has 1 aliphatic carbocycles. The summed E-state index contributed by atoms with van der Waals surface area (Å²) in [5.74, 6) is 1.74. The molecule has 0 aromatic heterocycles. The number of hydrogen-bond donors (Lipinski definition) is 1. The molecule has 0 bridgehead atoms. The molecule has 102 valence electrons. The molecule has 0 amide bonds. The van der Waals surface area contributed by atoms with Gasteiger partial charge >= 0.3 is 0 Å². The Kier molecular flexibility index (Phi) is 3.97. The zero-order valence-electron chi connectivity index (χ0n) is 11.5. The molecule has 2 heteroatoms. The Balaban J connectivity index is 1.66. The average molecular weight is 257 g/mol. The second kappa shape index (κ2) is 5.87. The zero-order valence-corrected chi connectivity index (χ0v) is 11.5. The van der Waals surface area contributed by atoms with E-state index in [0.29, 0.717) is 17.6 Å². The number of nitrogens with one attached hydrogen (secondary N) is 1. The number of benzene rings is 1. The van der Waals surface area contributed by atoms with Crippen molar-refractivity contribution in [1.29, 1.82) is 0 Å².